The SMILES string of the molecule is COc1nc2c(OCc3c(Cl)ccc(N(C)C(=O)CCC(=O)CCC4CCC(C[N+](=O)[O-])=NC4)c3Cl)cccc2n1Cc1ccccn1. The molecule has 1 atom stereocenters. The molecule has 12 nitrogen and oxygen atoms in total. The van der Waals surface area contributed by atoms with Gasteiger partial charge in [-0.3, -0.25) is 34.2 Å². The predicted octanol–water partition coefficient (Wildman–Crippen LogP) is 6.59. The standard InChI is InChI=1S/C34H36Cl2N6O6/c1-40(31(44)16-13-25(43)12-10-22-9-11-24(38-18-22)20-42(45)46)28-15-14-27(35)26(32(28)36)21-48-30-8-5-7-29-33(30)39-34(47-2)41(29)19-23-6-3-4-17-37-23/h3-8,14-15,17,22H,9-13,16,18-21H2,1-2H3. The Kier molecular flexibility index (Phi) is 11.6. The largest absolute Gasteiger partial charge is 0.486 e. The topological polar surface area (TPSA) is 142 Å². The monoisotopic (exact) mass is 694 g/mol. The highest BCUT2D eigenvalue weighted by Gasteiger charge is 2.22. The summed E-state index contributed by atoms with van der Waals surface area (Å²) in [6.45, 7) is 0.747. The van der Waals surface area contributed by atoms with Crippen LogP contribution in [0.2, 0.25) is 10.0 Å². The van der Waals surface area contributed by atoms with Gasteiger partial charge in [0.15, 0.2) is 0 Å². The number of carbonyl (C=O) groups excluding carboxylic acids is 2. The molecule has 3 heterocycles. The normalized spacial score (nSPS) is 14.4. The highest BCUT2D eigenvalue weighted by molar-refractivity contribution is 6.38. The summed E-state index contributed by atoms with van der Waals surface area (Å²) in [6, 6.07) is 15.0. The first-order chi connectivity index (χ1) is 23.1. The van der Waals surface area contributed by atoms with E-state index in [-0.39, 0.29) is 53.5 Å². The molecule has 0 fully saturated rings. The van der Waals surface area contributed by atoms with Gasteiger partial charge in [0.05, 0.1) is 41.3 Å². The van der Waals surface area contributed by atoms with E-state index in [0.717, 1.165) is 17.6 Å². The Labute approximate surface area is 287 Å². The number of pyridine rings is 1. The number of methoxy groups -OCH3 is 1. The Bertz CT molecular complexity index is 1830. The molecule has 1 aliphatic heterocycles. The molecule has 4 aromatic rings. The van der Waals surface area contributed by atoms with Gasteiger partial charge in [-0.1, -0.05) is 35.3 Å². The first kappa shape index (κ1) is 34.8. The van der Waals surface area contributed by atoms with Gasteiger partial charge in [0.2, 0.25) is 12.5 Å². The molecule has 0 spiro atoms. The lowest BCUT2D eigenvalue weighted by molar-refractivity contribution is -0.463. The maximum atomic E-state index is 13.1. The lowest BCUT2D eigenvalue weighted by atomic mass is 9.92. The van der Waals surface area contributed by atoms with Crippen molar-refractivity contribution < 1.29 is 24.0 Å². The second kappa shape index (κ2) is 16.0. The number of rotatable bonds is 15. The van der Waals surface area contributed by atoms with E-state index in [0.29, 0.717) is 71.6 Å². The van der Waals surface area contributed by atoms with E-state index >= 15 is 0 Å². The highest BCUT2D eigenvalue weighted by atomic mass is 35.5. The summed E-state index contributed by atoms with van der Waals surface area (Å²) in [4.78, 5) is 50.8. The van der Waals surface area contributed by atoms with Crippen molar-refractivity contribution in [3.63, 3.8) is 0 Å². The number of nitro groups is 1. The molecular formula is C34H36Cl2N6O6. The van der Waals surface area contributed by atoms with Crippen molar-refractivity contribution >= 4 is 57.3 Å². The van der Waals surface area contributed by atoms with Crippen molar-refractivity contribution in [3.8, 4) is 11.8 Å². The van der Waals surface area contributed by atoms with Gasteiger partial charge >= 0.3 is 0 Å². The molecule has 0 saturated carbocycles. The number of aromatic nitrogens is 3. The molecular weight excluding hydrogens is 659 g/mol. The summed E-state index contributed by atoms with van der Waals surface area (Å²) in [5.41, 5.74) is 3.80. The van der Waals surface area contributed by atoms with Crippen LogP contribution >= 0.6 is 23.2 Å². The third-order valence-electron chi connectivity index (χ3n) is 8.38. The van der Waals surface area contributed by atoms with Gasteiger partial charge in [-0.15, -0.1) is 0 Å². The van der Waals surface area contributed by atoms with Crippen molar-refractivity contribution in [3.05, 3.63) is 86.1 Å². The lowest BCUT2D eigenvalue weighted by Gasteiger charge is -2.21. The van der Waals surface area contributed by atoms with Crippen LogP contribution in [0.1, 0.15) is 49.8 Å². The number of hydrogen-bond donors (Lipinski definition) is 0. The van der Waals surface area contributed by atoms with Gasteiger partial charge in [0.25, 0.3) is 6.01 Å². The number of hydrogen-bond acceptors (Lipinski definition) is 9. The maximum absolute atomic E-state index is 13.1. The van der Waals surface area contributed by atoms with E-state index < -0.39 is 0 Å². The van der Waals surface area contributed by atoms with Gasteiger partial charge in [-0.2, -0.15) is 4.98 Å². The third-order valence-corrected chi connectivity index (χ3v) is 9.16. The Morgan fingerprint density at radius 2 is 1.94 bits per heavy atom. The molecule has 14 heteroatoms. The quantitative estimate of drug-likeness (QED) is 0.100. The average molecular weight is 696 g/mol. The minimum atomic E-state index is -0.371. The number of para-hydroxylation sites is 1. The molecule has 0 radical (unpaired) electrons. The second-order valence-electron chi connectivity index (χ2n) is 11.6. The number of ketones is 1. The first-order valence-corrected chi connectivity index (χ1v) is 16.3. The zero-order valence-electron chi connectivity index (χ0n) is 26.7. The number of ether oxygens (including phenoxy) is 2. The van der Waals surface area contributed by atoms with E-state index in [2.05, 4.69) is 15.0 Å². The molecule has 0 saturated heterocycles. The average Bonchev–Trinajstić information content (AvgIpc) is 3.44. The number of halogens is 2. The molecule has 0 bridgehead atoms. The number of imidazole rings is 1. The number of Topliss-reactive ketones (excluding diaryl/α,β-unsaturated/α-hetero) is 1. The Balaban J connectivity index is 1.20. The van der Waals surface area contributed by atoms with E-state index in [4.69, 9.17) is 32.7 Å². The van der Waals surface area contributed by atoms with Crippen LogP contribution in [0, 0.1) is 16.0 Å². The Morgan fingerprint density at radius 3 is 2.65 bits per heavy atom. The fourth-order valence-corrected chi connectivity index (χ4v) is 6.26. The summed E-state index contributed by atoms with van der Waals surface area (Å²) in [6.07, 6.45) is 4.22. The molecule has 48 heavy (non-hydrogen) atoms. The van der Waals surface area contributed by atoms with Crippen LogP contribution in [-0.4, -0.2) is 64.1 Å². The van der Waals surface area contributed by atoms with Crippen LogP contribution in [0.4, 0.5) is 5.69 Å². The number of nitrogens with zero attached hydrogens (tertiary/aromatic N) is 6. The molecule has 0 aliphatic carbocycles. The van der Waals surface area contributed by atoms with Gasteiger partial charge < -0.3 is 14.4 Å². The van der Waals surface area contributed by atoms with Crippen LogP contribution in [-0.2, 0) is 22.7 Å². The molecule has 1 aliphatic rings. The van der Waals surface area contributed by atoms with Crippen molar-refractivity contribution in [1.82, 2.24) is 14.5 Å². The van der Waals surface area contributed by atoms with Crippen molar-refractivity contribution in [1.29, 1.82) is 0 Å². The summed E-state index contributed by atoms with van der Waals surface area (Å²) < 4.78 is 13.7. The molecule has 2 aromatic carbocycles. The van der Waals surface area contributed by atoms with Crippen LogP contribution in [0.5, 0.6) is 11.8 Å². The second-order valence-corrected chi connectivity index (χ2v) is 12.4. The number of fused-ring (bicyclic) bond motifs is 1. The molecule has 1 amide bonds. The summed E-state index contributed by atoms with van der Waals surface area (Å²) in [7, 11) is 3.17. The smallest absolute Gasteiger partial charge is 0.297 e. The number of benzene rings is 2. The van der Waals surface area contributed by atoms with Crippen LogP contribution in [0.15, 0.2) is 59.7 Å². The van der Waals surface area contributed by atoms with Crippen LogP contribution in [0.3, 0.4) is 0 Å². The summed E-state index contributed by atoms with van der Waals surface area (Å²) in [5.74, 6) is 0.443. The Hall–Kier alpha value is -4.55. The van der Waals surface area contributed by atoms with E-state index in [1.807, 2.05) is 34.9 Å². The zero-order valence-corrected chi connectivity index (χ0v) is 28.2. The van der Waals surface area contributed by atoms with Gasteiger partial charge in [0, 0.05) is 54.6 Å². The summed E-state index contributed by atoms with van der Waals surface area (Å²) in [5, 5.41) is 11.3. The predicted molar refractivity (Wildman–Crippen MR) is 184 cm³/mol. The van der Waals surface area contributed by atoms with Gasteiger partial charge in [-0.25, -0.2) is 0 Å². The van der Waals surface area contributed by atoms with E-state index in [1.54, 1.807) is 38.6 Å². The molecule has 0 N–H and O–H groups in total. The first-order valence-electron chi connectivity index (χ1n) is 15.6. The maximum Gasteiger partial charge on any atom is 0.297 e. The van der Waals surface area contributed by atoms with E-state index in [1.165, 1.54) is 4.90 Å². The molecule has 2 aromatic heterocycles. The Morgan fingerprint density at radius 1 is 1.10 bits per heavy atom. The lowest BCUT2D eigenvalue weighted by Crippen LogP contribution is -2.27. The fraction of sp³-hybridized carbons (Fsp3) is 0.382. The number of amides is 1. The van der Waals surface area contributed by atoms with Crippen LogP contribution < -0.4 is 14.4 Å². The fourth-order valence-electron chi connectivity index (χ4n) is 5.66. The third kappa shape index (κ3) is 8.48. The molecule has 252 valence electrons. The number of aliphatic imine (C=N–C) groups is 1. The number of carbonyl (C=O) groups is 2. The van der Waals surface area contributed by atoms with E-state index in [9.17, 15) is 19.7 Å². The minimum Gasteiger partial charge on any atom is -0.486 e. The number of anilines is 1. The molecule has 1 unspecified atom stereocenters. The minimum absolute atomic E-state index is 0.0126. The summed E-state index contributed by atoms with van der Waals surface area (Å²) >= 11 is 13.3. The van der Waals surface area contributed by atoms with Crippen molar-refractivity contribution in [2.24, 2.45) is 10.9 Å². The zero-order chi connectivity index (χ0) is 34.2. The van der Waals surface area contributed by atoms with Gasteiger partial charge in [-0.05, 0) is 61.6 Å². The van der Waals surface area contributed by atoms with Crippen molar-refractivity contribution in [2.45, 2.75) is 51.7 Å². The molecule has 5 rings (SSSR count). The van der Waals surface area contributed by atoms with Crippen LogP contribution in [0.25, 0.3) is 11.0 Å². The van der Waals surface area contributed by atoms with Gasteiger partial charge in [0.1, 0.15) is 23.7 Å². The highest BCUT2D eigenvalue weighted by Crippen LogP contribution is 2.36. The van der Waals surface area contributed by atoms with Crippen molar-refractivity contribution in [2.75, 3.05) is 32.1 Å².